The summed E-state index contributed by atoms with van der Waals surface area (Å²) in [6, 6.07) is 6.62. The van der Waals surface area contributed by atoms with Crippen LogP contribution in [0.1, 0.15) is 32.1 Å². The zero-order chi connectivity index (χ0) is 25.6. The molecular formula is C24H25F3N6OS. The van der Waals surface area contributed by atoms with E-state index in [1.807, 2.05) is 23.9 Å². The third-order valence-electron chi connectivity index (χ3n) is 4.91. The number of alkyl halides is 3. The van der Waals surface area contributed by atoms with Crippen LogP contribution in [0.25, 0.3) is 0 Å². The Kier molecular flexibility index (Phi) is 8.32. The second kappa shape index (κ2) is 11.2. The first-order valence-electron chi connectivity index (χ1n) is 10.6. The smallest absolute Gasteiger partial charge is 0.373 e. The topological polar surface area (TPSA) is 87.4 Å². The molecule has 0 fully saturated rings. The fourth-order valence-corrected chi connectivity index (χ4v) is 3.89. The van der Waals surface area contributed by atoms with E-state index in [0.717, 1.165) is 36.4 Å². The van der Waals surface area contributed by atoms with Gasteiger partial charge < -0.3 is 20.9 Å². The minimum Gasteiger partial charge on any atom is -0.373 e. The summed E-state index contributed by atoms with van der Waals surface area (Å²) in [6.07, 6.45) is -0.746. The molecule has 0 bridgehead atoms. The van der Waals surface area contributed by atoms with Gasteiger partial charge in [-0.2, -0.15) is 13.2 Å². The lowest BCUT2D eigenvalue weighted by Crippen LogP contribution is -2.25. The second-order valence-corrected chi connectivity index (χ2v) is 9.09. The van der Waals surface area contributed by atoms with Crippen molar-refractivity contribution in [1.82, 2.24) is 14.9 Å². The van der Waals surface area contributed by atoms with Gasteiger partial charge in [-0.05, 0) is 57.4 Å². The zero-order valence-electron chi connectivity index (χ0n) is 19.5. The summed E-state index contributed by atoms with van der Waals surface area (Å²) in [4.78, 5) is 25.4. The Bertz CT molecular complexity index is 1230. The van der Waals surface area contributed by atoms with Crippen LogP contribution in [0, 0.1) is 11.8 Å². The van der Waals surface area contributed by atoms with Gasteiger partial charge in [0, 0.05) is 26.0 Å². The molecule has 184 valence electrons. The SMILES string of the molecule is CN(C)CCCN(C)c1ccc(C(F)(F)F)cc1NC(=O)c1ccc(C#Cc2cnc(N)nc2)s1. The van der Waals surface area contributed by atoms with Crippen LogP contribution >= 0.6 is 11.3 Å². The molecule has 35 heavy (non-hydrogen) atoms. The highest BCUT2D eigenvalue weighted by molar-refractivity contribution is 7.14. The van der Waals surface area contributed by atoms with E-state index in [-0.39, 0.29) is 11.6 Å². The van der Waals surface area contributed by atoms with Gasteiger partial charge in [-0.1, -0.05) is 11.8 Å². The van der Waals surface area contributed by atoms with Gasteiger partial charge in [0.25, 0.3) is 5.91 Å². The molecule has 0 saturated heterocycles. The first-order chi connectivity index (χ1) is 16.5. The Hall–Kier alpha value is -3.62. The average molecular weight is 503 g/mol. The molecule has 2 aromatic heterocycles. The maximum absolute atomic E-state index is 13.3. The van der Waals surface area contributed by atoms with Gasteiger partial charge in [-0.3, -0.25) is 4.79 Å². The minimum absolute atomic E-state index is 0.0947. The van der Waals surface area contributed by atoms with Gasteiger partial charge in [-0.15, -0.1) is 11.3 Å². The Morgan fingerprint density at radius 1 is 1.09 bits per heavy atom. The van der Waals surface area contributed by atoms with Crippen molar-refractivity contribution in [2.75, 3.05) is 50.2 Å². The van der Waals surface area contributed by atoms with Gasteiger partial charge in [0.2, 0.25) is 5.95 Å². The Morgan fingerprint density at radius 2 is 1.80 bits per heavy atom. The number of nitrogens with zero attached hydrogens (tertiary/aromatic N) is 4. The van der Waals surface area contributed by atoms with Crippen molar-refractivity contribution >= 4 is 34.6 Å². The predicted molar refractivity (Wildman–Crippen MR) is 133 cm³/mol. The molecule has 11 heteroatoms. The molecular weight excluding hydrogens is 477 g/mol. The predicted octanol–water partition coefficient (Wildman–Crippen LogP) is 4.18. The van der Waals surface area contributed by atoms with E-state index in [1.165, 1.54) is 18.5 Å². The molecule has 3 rings (SSSR count). The monoisotopic (exact) mass is 502 g/mol. The molecule has 0 spiro atoms. The van der Waals surface area contributed by atoms with Gasteiger partial charge in [0.1, 0.15) is 0 Å². The number of nitrogen functional groups attached to an aromatic ring is 1. The van der Waals surface area contributed by atoms with E-state index in [4.69, 9.17) is 5.73 Å². The highest BCUT2D eigenvalue weighted by Crippen LogP contribution is 2.35. The quantitative estimate of drug-likeness (QED) is 0.472. The highest BCUT2D eigenvalue weighted by Gasteiger charge is 2.31. The van der Waals surface area contributed by atoms with Gasteiger partial charge in [-0.25, -0.2) is 9.97 Å². The lowest BCUT2D eigenvalue weighted by atomic mass is 10.1. The summed E-state index contributed by atoms with van der Waals surface area (Å²) in [7, 11) is 5.69. The van der Waals surface area contributed by atoms with Crippen molar-refractivity contribution in [2.45, 2.75) is 12.6 Å². The van der Waals surface area contributed by atoms with E-state index in [2.05, 4.69) is 27.1 Å². The molecule has 2 heterocycles. The van der Waals surface area contributed by atoms with Crippen molar-refractivity contribution in [1.29, 1.82) is 0 Å². The number of carbonyl (C=O) groups is 1. The molecule has 0 saturated carbocycles. The number of benzene rings is 1. The van der Waals surface area contributed by atoms with Crippen LogP contribution in [0.3, 0.4) is 0 Å². The fourth-order valence-electron chi connectivity index (χ4n) is 3.14. The largest absolute Gasteiger partial charge is 0.416 e. The number of aromatic nitrogens is 2. The first kappa shape index (κ1) is 26.0. The molecule has 1 amide bonds. The van der Waals surface area contributed by atoms with Crippen LogP contribution in [0.5, 0.6) is 0 Å². The number of nitrogens with one attached hydrogen (secondary N) is 1. The summed E-state index contributed by atoms with van der Waals surface area (Å²) in [5.41, 5.74) is 5.78. The first-order valence-corrected chi connectivity index (χ1v) is 11.4. The van der Waals surface area contributed by atoms with Crippen LogP contribution in [0.4, 0.5) is 30.5 Å². The molecule has 0 aliphatic rings. The Labute approximate surface area is 205 Å². The van der Waals surface area contributed by atoms with Crippen molar-refractivity contribution in [2.24, 2.45) is 0 Å². The molecule has 0 unspecified atom stereocenters. The standard InChI is InChI=1S/C24H25F3N6OS/c1-32(2)11-4-12-33(3)20-9-6-17(24(25,26)27)13-19(20)31-22(34)21-10-8-18(35-21)7-5-16-14-29-23(28)30-15-16/h6,8-10,13-15H,4,11-12H2,1-3H3,(H,31,34)(H2,28,29,30). The normalized spacial score (nSPS) is 11.2. The van der Waals surface area contributed by atoms with Crippen LogP contribution in [0.15, 0.2) is 42.7 Å². The summed E-state index contributed by atoms with van der Waals surface area (Å²) in [5.74, 6) is 5.42. The zero-order valence-corrected chi connectivity index (χ0v) is 20.3. The van der Waals surface area contributed by atoms with Crippen molar-refractivity contribution < 1.29 is 18.0 Å². The third-order valence-corrected chi connectivity index (χ3v) is 5.91. The maximum atomic E-state index is 13.3. The molecule has 0 atom stereocenters. The van der Waals surface area contributed by atoms with E-state index < -0.39 is 17.6 Å². The van der Waals surface area contributed by atoms with Crippen LogP contribution in [-0.4, -0.2) is 55.0 Å². The van der Waals surface area contributed by atoms with E-state index in [1.54, 1.807) is 19.2 Å². The highest BCUT2D eigenvalue weighted by atomic mass is 32.1. The number of carbonyl (C=O) groups excluding carboxylic acids is 1. The molecule has 1 aromatic carbocycles. The molecule has 0 aliphatic carbocycles. The summed E-state index contributed by atoms with van der Waals surface area (Å²) >= 11 is 1.13. The summed E-state index contributed by atoms with van der Waals surface area (Å²) in [5, 5.41) is 2.65. The van der Waals surface area contributed by atoms with E-state index in [0.29, 0.717) is 27.5 Å². The third kappa shape index (κ3) is 7.43. The van der Waals surface area contributed by atoms with Gasteiger partial charge in [0.05, 0.1) is 32.3 Å². The number of anilines is 3. The van der Waals surface area contributed by atoms with Crippen LogP contribution in [0.2, 0.25) is 0 Å². The number of hydrogen-bond donors (Lipinski definition) is 2. The number of halogens is 3. The summed E-state index contributed by atoms with van der Waals surface area (Å²) < 4.78 is 40.0. The Morgan fingerprint density at radius 3 is 2.46 bits per heavy atom. The van der Waals surface area contributed by atoms with Crippen molar-refractivity contribution in [3.05, 3.63) is 63.6 Å². The minimum atomic E-state index is -4.53. The number of rotatable bonds is 7. The van der Waals surface area contributed by atoms with Crippen molar-refractivity contribution in [3.63, 3.8) is 0 Å². The molecule has 7 nitrogen and oxygen atoms in total. The van der Waals surface area contributed by atoms with E-state index >= 15 is 0 Å². The second-order valence-electron chi connectivity index (χ2n) is 8.01. The molecule has 3 N–H and O–H groups in total. The lowest BCUT2D eigenvalue weighted by Gasteiger charge is -2.24. The lowest BCUT2D eigenvalue weighted by molar-refractivity contribution is -0.137. The van der Waals surface area contributed by atoms with Crippen LogP contribution < -0.4 is 16.0 Å². The number of hydrogen-bond acceptors (Lipinski definition) is 7. The number of amides is 1. The molecule has 0 radical (unpaired) electrons. The summed E-state index contributed by atoms with van der Waals surface area (Å²) in [6.45, 7) is 1.44. The fraction of sp³-hybridized carbons (Fsp3) is 0.292. The van der Waals surface area contributed by atoms with Gasteiger partial charge in [0.15, 0.2) is 0 Å². The van der Waals surface area contributed by atoms with Crippen LogP contribution in [-0.2, 0) is 6.18 Å². The van der Waals surface area contributed by atoms with E-state index in [9.17, 15) is 18.0 Å². The molecule has 0 aliphatic heterocycles. The molecule has 3 aromatic rings. The number of nitrogens with two attached hydrogens (primary N) is 1. The Balaban J connectivity index is 1.80. The van der Waals surface area contributed by atoms with Crippen molar-refractivity contribution in [3.8, 4) is 11.8 Å². The number of thiophene rings is 1. The maximum Gasteiger partial charge on any atom is 0.416 e. The van der Waals surface area contributed by atoms with Gasteiger partial charge >= 0.3 is 6.18 Å². The average Bonchev–Trinajstić information content (AvgIpc) is 3.27.